The molecule has 3 aromatic carbocycles. The summed E-state index contributed by atoms with van der Waals surface area (Å²) in [5, 5.41) is 23.8. The fraction of sp³-hybridized carbons (Fsp3) is 0.0938. The number of furan rings is 1. The van der Waals surface area contributed by atoms with Crippen molar-refractivity contribution in [1.29, 1.82) is 5.26 Å². The Hall–Kier alpha value is -5.53. The molecule has 5 aromatic rings. The van der Waals surface area contributed by atoms with Gasteiger partial charge in [-0.3, -0.25) is 24.3 Å². The summed E-state index contributed by atoms with van der Waals surface area (Å²) in [6, 6.07) is 27.4. The molecule has 2 aromatic heterocycles. The third-order valence-electron chi connectivity index (χ3n) is 6.49. The largest absolute Gasteiger partial charge is 0.457 e. The summed E-state index contributed by atoms with van der Waals surface area (Å²) in [4.78, 5) is 37.4. The molecule has 10 heteroatoms. The first kappa shape index (κ1) is 28.0. The number of nitro benzene ring substituents is 1. The Labute approximate surface area is 244 Å². The lowest BCUT2D eigenvalue weighted by atomic mass is 10.0. The highest BCUT2D eigenvalue weighted by molar-refractivity contribution is 7.07. The van der Waals surface area contributed by atoms with Crippen molar-refractivity contribution in [3.8, 4) is 23.1 Å². The Morgan fingerprint density at radius 2 is 1.71 bits per heavy atom. The molecular formula is C32H24N4O5S. The molecule has 208 valence electrons. The molecule has 0 radical (unpaired) electrons. The Balaban J connectivity index is 1.59. The lowest BCUT2D eigenvalue weighted by Crippen LogP contribution is -2.32. The molecule has 0 atom stereocenters. The second-order valence-corrected chi connectivity index (χ2v) is 10.6. The predicted octanol–water partition coefficient (Wildman–Crippen LogP) is 5.33. The van der Waals surface area contributed by atoms with Crippen LogP contribution in [0.5, 0.6) is 0 Å². The fourth-order valence-corrected chi connectivity index (χ4v) is 5.35. The number of para-hydroxylation sites is 1. The summed E-state index contributed by atoms with van der Waals surface area (Å²) in [5.41, 5.74) is 2.11. The Morgan fingerprint density at radius 3 is 2.33 bits per heavy atom. The number of carbonyl (C=O) groups excluding carboxylic acids is 1. The number of anilines is 1. The number of benzene rings is 3. The van der Waals surface area contributed by atoms with Gasteiger partial charge in [-0.05, 0) is 60.0 Å². The average Bonchev–Trinajstić information content (AvgIpc) is 3.58. The number of nitro groups is 1. The molecular weight excluding hydrogens is 552 g/mol. The highest BCUT2D eigenvalue weighted by atomic mass is 32.1. The number of rotatable bonds is 7. The summed E-state index contributed by atoms with van der Waals surface area (Å²) in [7, 11) is 0. The molecule has 0 aliphatic heterocycles. The van der Waals surface area contributed by atoms with Crippen LogP contribution in [-0.4, -0.2) is 15.4 Å². The number of aromatic nitrogens is 1. The van der Waals surface area contributed by atoms with E-state index in [1.165, 1.54) is 16.7 Å². The van der Waals surface area contributed by atoms with Crippen LogP contribution in [0.4, 0.5) is 11.4 Å². The van der Waals surface area contributed by atoms with Crippen LogP contribution in [0.3, 0.4) is 0 Å². The van der Waals surface area contributed by atoms with Crippen LogP contribution in [0.1, 0.15) is 31.1 Å². The standard InChI is InChI=1S/C32H24N4O5S/c1-20(2)21-8-12-23(13-9-21)34-30(37)27(19-33)32-35(24-6-4-3-5-7-24)31(38)29(42-32)18-26-16-17-28(41-26)22-10-14-25(15-11-22)36(39)40/h3-18,20H,1-2H3,(H,34,37)/b29-18+,32-27-. The van der Waals surface area contributed by atoms with Crippen LogP contribution in [0.25, 0.3) is 28.7 Å². The minimum Gasteiger partial charge on any atom is -0.457 e. The summed E-state index contributed by atoms with van der Waals surface area (Å²) < 4.78 is 7.68. The van der Waals surface area contributed by atoms with Gasteiger partial charge in [0.25, 0.3) is 17.2 Å². The van der Waals surface area contributed by atoms with E-state index in [2.05, 4.69) is 19.2 Å². The highest BCUT2D eigenvalue weighted by Gasteiger charge is 2.18. The molecule has 0 bridgehead atoms. The number of nitrogens with zero attached hydrogens (tertiary/aromatic N) is 3. The maximum Gasteiger partial charge on any atom is 0.273 e. The van der Waals surface area contributed by atoms with Gasteiger partial charge in [0.05, 0.1) is 15.1 Å². The van der Waals surface area contributed by atoms with Crippen LogP contribution in [-0.2, 0) is 4.79 Å². The molecule has 0 aliphatic carbocycles. The van der Waals surface area contributed by atoms with E-state index in [0.29, 0.717) is 34.4 Å². The van der Waals surface area contributed by atoms with Crippen molar-refractivity contribution in [1.82, 2.24) is 4.57 Å². The highest BCUT2D eigenvalue weighted by Crippen LogP contribution is 2.25. The van der Waals surface area contributed by atoms with Crippen molar-refractivity contribution in [3.05, 3.63) is 132 Å². The van der Waals surface area contributed by atoms with Gasteiger partial charge in [-0.25, -0.2) is 0 Å². The van der Waals surface area contributed by atoms with Crippen molar-refractivity contribution in [2.24, 2.45) is 0 Å². The van der Waals surface area contributed by atoms with Crippen molar-refractivity contribution in [3.63, 3.8) is 0 Å². The Morgan fingerprint density at radius 1 is 1.02 bits per heavy atom. The van der Waals surface area contributed by atoms with Crippen molar-refractivity contribution < 1.29 is 14.1 Å². The number of thiazole rings is 1. The number of nitrogens with one attached hydrogen (secondary N) is 1. The monoisotopic (exact) mass is 576 g/mol. The zero-order chi connectivity index (χ0) is 29.8. The van der Waals surface area contributed by atoms with Gasteiger partial charge in [-0.2, -0.15) is 5.26 Å². The summed E-state index contributed by atoms with van der Waals surface area (Å²) in [6.07, 6.45) is 1.54. The summed E-state index contributed by atoms with van der Waals surface area (Å²) >= 11 is 1.00. The van der Waals surface area contributed by atoms with Gasteiger partial charge >= 0.3 is 0 Å². The molecule has 0 saturated carbocycles. The third kappa shape index (κ3) is 5.82. The second-order valence-electron chi connectivity index (χ2n) is 9.62. The molecule has 2 heterocycles. The molecule has 5 rings (SSSR count). The van der Waals surface area contributed by atoms with Crippen molar-refractivity contribution >= 4 is 40.3 Å². The smallest absolute Gasteiger partial charge is 0.273 e. The summed E-state index contributed by atoms with van der Waals surface area (Å²) in [5.74, 6) is 0.521. The zero-order valence-corrected chi connectivity index (χ0v) is 23.4. The minimum absolute atomic E-state index is 0.0363. The van der Waals surface area contributed by atoms with E-state index < -0.39 is 16.4 Å². The van der Waals surface area contributed by atoms with Crippen LogP contribution in [0.2, 0.25) is 0 Å². The van der Waals surface area contributed by atoms with Crippen molar-refractivity contribution in [2.75, 3.05) is 5.32 Å². The zero-order valence-electron chi connectivity index (χ0n) is 22.6. The first-order chi connectivity index (χ1) is 20.2. The minimum atomic E-state index is -0.634. The number of amides is 1. The molecule has 0 unspecified atom stereocenters. The van der Waals surface area contributed by atoms with Crippen LogP contribution in [0, 0.1) is 21.4 Å². The van der Waals surface area contributed by atoms with Gasteiger partial charge in [-0.1, -0.05) is 44.2 Å². The van der Waals surface area contributed by atoms with E-state index in [-0.39, 0.29) is 20.5 Å². The fourth-order valence-electron chi connectivity index (χ4n) is 4.26. The number of nitriles is 1. The van der Waals surface area contributed by atoms with Crippen LogP contribution >= 0.6 is 11.3 Å². The van der Waals surface area contributed by atoms with Gasteiger partial charge in [-0.15, -0.1) is 11.3 Å². The van der Waals surface area contributed by atoms with E-state index in [9.17, 15) is 25.0 Å². The lowest BCUT2D eigenvalue weighted by Gasteiger charge is -2.08. The van der Waals surface area contributed by atoms with Crippen LogP contribution in [0.15, 0.2) is 100 Å². The number of hydrogen-bond donors (Lipinski definition) is 1. The molecule has 1 N–H and O–H groups in total. The van der Waals surface area contributed by atoms with Crippen molar-refractivity contribution in [2.45, 2.75) is 19.8 Å². The van der Waals surface area contributed by atoms with E-state index in [4.69, 9.17) is 4.42 Å². The number of non-ortho nitro benzene ring substituents is 1. The van der Waals surface area contributed by atoms with E-state index in [0.717, 1.165) is 16.9 Å². The number of carbonyl (C=O) groups is 1. The molecule has 0 fully saturated rings. The summed E-state index contributed by atoms with van der Waals surface area (Å²) in [6.45, 7) is 4.14. The third-order valence-corrected chi connectivity index (χ3v) is 7.58. The molecule has 0 aliphatic rings. The van der Waals surface area contributed by atoms with Gasteiger partial charge in [0.15, 0.2) is 5.57 Å². The Bertz CT molecular complexity index is 2000. The maximum absolute atomic E-state index is 13.7. The molecule has 1 amide bonds. The topological polar surface area (TPSA) is 131 Å². The van der Waals surface area contributed by atoms with Gasteiger partial charge < -0.3 is 9.73 Å². The maximum atomic E-state index is 13.7. The number of hydrogen-bond acceptors (Lipinski definition) is 7. The molecule has 42 heavy (non-hydrogen) atoms. The molecule has 9 nitrogen and oxygen atoms in total. The second kappa shape index (κ2) is 11.9. The van der Waals surface area contributed by atoms with E-state index >= 15 is 0 Å². The van der Waals surface area contributed by atoms with E-state index in [1.807, 2.05) is 18.2 Å². The first-order valence-electron chi connectivity index (χ1n) is 12.9. The van der Waals surface area contributed by atoms with Gasteiger partial charge in [0.1, 0.15) is 22.3 Å². The molecule has 0 spiro atoms. The SMILES string of the molecule is CC(C)c1ccc(NC(=O)/C(C#N)=c2\s/c(=C/c3ccc(-c4ccc([N+](=O)[O-])cc4)o3)c(=O)n2-c2ccccc2)cc1. The Kier molecular flexibility index (Phi) is 7.95. The van der Waals surface area contributed by atoms with Gasteiger partial charge in [0, 0.05) is 29.5 Å². The van der Waals surface area contributed by atoms with E-state index in [1.54, 1.807) is 72.8 Å². The quantitative estimate of drug-likeness (QED) is 0.206. The van der Waals surface area contributed by atoms with Gasteiger partial charge in [0.2, 0.25) is 0 Å². The lowest BCUT2D eigenvalue weighted by molar-refractivity contribution is -0.384. The van der Waals surface area contributed by atoms with Crippen LogP contribution < -0.4 is 20.1 Å². The predicted molar refractivity (Wildman–Crippen MR) is 162 cm³/mol. The average molecular weight is 577 g/mol. The molecule has 0 saturated heterocycles. The normalized spacial score (nSPS) is 12.2. The first-order valence-corrected chi connectivity index (χ1v) is 13.8.